The molecule has 5 heteroatoms. The van der Waals surface area contributed by atoms with Crippen LogP contribution in [0.4, 0.5) is 10.7 Å². The highest BCUT2D eigenvalue weighted by Gasteiger charge is 2.20. The van der Waals surface area contributed by atoms with Crippen molar-refractivity contribution in [3.8, 4) is 0 Å². The van der Waals surface area contributed by atoms with Gasteiger partial charge >= 0.3 is 6.09 Å². The first-order valence-corrected chi connectivity index (χ1v) is 6.81. The van der Waals surface area contributed by atoms with Crippen LogP contribution >= 0.6 is 15.9 Å². The SMILES string of the molecule is C=C(Br)CN(C(=O)OCc1ccccc1)c1ccco1. The summed E-state index contributed by atoms with van der Waals surface area (Å²) in [6, 6.07) is 12.9. The highest BCUT2D eigenvalue weighted by molar-refractivity contribution is 9.11. The molecule has 2 rings (SSSR count). The monoisotopic (exact) mass is 335 g/mol. The number of halogens is 1. The summed E-state index contributed by atoms with van der Waals surface area (Å²) in [5, 5.41) is 0. The molecule has 0 aliphatic heterocycles. The largest absolute Gasteiger partial charge is 0.448 e. The van der Waals surface area contributed by atoms with E-state index < -0.39 is 6.09 Å². The van der Waals surface area contributed by atoms with Crippen LogP contribution in [0.15, 0.2) is 64.2 Å². The predicted molar refractivity (Wildman–Crippen MR) is 80.7 cm³/mol. The number of carbonyl (C=O) groups excluding carboxylic acids is 1. The molecule has 0 spiro atoms. The maximum atomic E-state index is 12.1. The van der Waals surface area contributed by atoms with Gasteiger partial charge in [0, 0.05) is 10.5 Å². The average Bonchev–Trinajstić information content (AvgIpc) is 2.97. The minimum absolute atomic E-state index is 0.214. The Bertz CT molecular complexity index is 566. The highest BCUT2D eigenvalue weighted by Crippen LogP contribution is 2.19. The summed E-state index contributed by atoms with van der Waals surface area (Å²) in [6.07, 6.45) is 1.02. The fourth-order valence-electron chi connectivity index (χ4n) is 1.62. The number of carbonyl (C=O) groups is 1. The van der Waals surface area contributed by atoms with E-state index in [1.165, 1.54) is 11.2 Å². The number of hydrogen-bond acceptors (Lipinski definition) is 3. The molecule has 2 aromatic rings. The Morgan fingerprint density at radius 2 is 2.00 bits per heavy atom. The summed E-state index contributed by atoms with van der Waals surface area (Å²) < 4.78 is 11.2. The molecule has 0 saturated heterocycles. The summed E-state index contributed by atoms with van der Waals surface area (Å²) in [4.78, 5) is 13.5. The second kappa shape index (κ2) is 6.96. The molecule has 0 fully saturated rings. The Morgan fingerprint density at radius 3 is 2.60 bits per heavy atom. The van der Waals surface area contributed by atoms with Crippen LogP contribution in [0.3, 0.4) is 0 Å². The third-order valence-corrected chi connectivity index (χ3v) is 2.78. The molecule has 1 aromatic heterocycles. The molecule has 4 nitrogen and oxygen atoms in total. The fourth-order valence-corrected chi connectivity index (χ4v) is 1.88. The van der Waals surface area contributed by atoms with Crippen molar-refractivity contribution in [3.05, 3.63) is 65.4 Å². The van der Waals surface area contributed by atoms with E-state index >= 15 is 0 Å². The molecule has 0 bridgehead atoms. The molecule has 1 heterocycles. The van der Waals surface area contributed by atoms with Crippen molar-refractivity contribution < 1.29 is 13.9 Å². The van der Waals surface area contributed by atoms with Gasteiger partial charge in [-0.25, -0.2) is 9.69 Å². The first-order chi connectivity index (χ1) is 9.66. The molecular formula is C15H14BrNO3. The van der Waals surface area contributed by atoms with E-state index in [1.807, 2.05) is 30.3 Å². The van der Waals surface area contributed by atoms with Gasteiger partial charge in [-0.3, -0.25) is 0 Å². The predicted octanol–water partition coefficient (Wildman–Crippen LogP) is 4.33. The molecule has 0 radical (unpaired) electrons. The van der Waals surface area contributed by atoms with E-state index in [-0.39, 0.29) is 13.2 Å². The topological polar surface area (TPSA) is 42.7 Å². The number of furan rings is 1. The first kappa shape index (κ1) is 14.4. The molecule has 0 N–H and O–H groups in total. The third kappa shape index (κ3) is 3.99. The van der Waals surface area contributed by atoms with Crippen molar-refractivity contribution in [3.63, 3.8) is 0 Å². The van der Waals surface area contributed by atoms with Crippen LogP contribution in [-0.2, 0) is 11.3 Å². The van der Waals surface area contributed by atoms with Crippen LogP contribution in [0.2, 0.25) is 0 Å². The molecule has 0 unspecified atom stereocenters. The van der Waals surface area contributed by atoms with Gasteiger partial charge in [0.1, 0.15) is 6.61 Å². The number of rotatable bonds is 5. The Morgan fingerprint density at radius 1 is 1.25 bits per heavy atom. The zero-order valence-corrected chi connectivity index (χ0v) is 12.4. The zero-order chi connectivity index (χ0) is 14.4. The maximum Gasteiger partial charge on any atom is 0.417 e. The summed E-state index contributed by atoms with van der Waals surface area (Å²) in [5.41, 5.74) is 0.929. The molecule has 1 amide bonds. The fraction of sp³-hybridized carbons (Fsp3) is 0.133. The van der Waals surface area contributed by atoms with Crippen LogP contribution in [0.1, 0.15) is 5.56 Å². The van der Waals surface area contributed by atoms with E-state index in [2.05, 4.69) is 22.5 Å². The number of anilines is 1. The molecular weight excluding hydrogens is 322 g/mol. The van der Waals surface area contributed by atoms with Gasteiger partial charge in [-0.15, -0.1) is 0 Å². The summed E-state index contributed by atoms with van der Waals surface area (Å²) >= 11 is 3.24. The molecule has 0 atom stereocenters. The van der Waals surface area contributed by atoms with Gasteiger partial charge in [-0.05, 0) is 11.6 Å². The van der Waals surface area contributed by atoms with Gasteiger partial charge in [0.05, 0.1) is 12.8 Å². The minimum Gasteiger partial charge on any atom is -0.448 e. The standard InChI is InChI=1S/C15H14BrNO3/c1-12(16)10-17(14-8-5-9-19-14)15(18)20-11-13-6-3-2-4-7-13/h2-9H,1,10-11H2. The van der Waals surface area contributed by atoms with E-state index in [0.29, 0.717) is 10.4 Å². The second-order valence-corrected chi connectivity index (χ2v) is 5.22. The maximum absolute atomic E-state index is 12.1. The Labute approximate surface area is 125 Å². The Balaban J connectivity index is 2.02. The van der Waals surface area contributed by atoms with Crippen LogP contribution in [0.5, 0.6) is 0 Å². The number of amides is 1. The van der Waals surface area contributed by atoms with Crippen LogP contribution in [0.25, 0.3) is 0 Å². The van der Waals surface area contributed by atoms with E-state index in [4.69, 9.17) is 9.15 Å². The average molecular weight is 336 g/mol. The number of nitrogens with zero attached hydrogens (tertiary/aromatic N) is 1. The van der Waals surface area contributed by atoms with Gasteiger partial charge in [-0.1, -0.05) is 52.8 Å². The smallest absolute Gasteiger partial charge is 0.417 e. The number of hydrogen-bond donors (Lipinski definition) is 0. The van der Waals surface area contributed by atoms with Gasteiger partial charge < -0.3 is 9.15 Å². The van der Waals surface area contributed by atoms with Gasteiger partial charge in [0.15, 0.2) is 0 Å². The van der Waals surface area contributed by atoms with Gasteiger partial charge in [-0.2, -0.15) is 0 Å². The number of benzene rings is 1. The third-order valence-electron chi connectivity index (χ3n) is 2.53. The summed E-state index contributed by atoms with van der Waals surface area (Å²) in [7, 11) is 0. The van der Waals surface area contributed by atoms with Crippen molar-refractivity contribution in [2.45, 2.75) is 6.61 Å². The van der Waals surface area contributed by atoms with Crippen molar-refractivity contribution in [1.82, 2.24) is 0 Å². The molecule has 0 saturated carbocycles. The molecule has 0 aliphatic rings. The van der Waals surface area contributed by atoms with Crippen molar-refractivity contribution in [2.75, 3.05) is 11.4 Å². The van der Waals surface area contributed by atoms with E-state index in [1.54, 1.807) is 12.1 Å². The first-order valence-electron chi connectivity index (χ1n) is 6.02. The quantitative estimate of drug-likeness (QED) is 0.816. The zero-order valence-electron chi connectivity index (χ0n) is 10.8. The van der Waals surface area contributed by atoms with Crippen molar-refractivity contribution >= 4 is 27.9 Å². The second-order valence-electron chi connectivity index (χ2n) is 4.09. The van der Waals surface area contributed by atoms with Crippen LogP contribution in [0, 0.1) is 0 Å². The Kier molecular flexibility index (Phi) is 5.01. The van der Waals surface area contributed by atoms with E-state index in [9.17, 15) is 4.79 Å². The van der Waals surface area contributed by atoms with Gasteiger partial charge in [0.2, 0.25) is 5.88 Å². The lowest BCUT2D eigenvalue weighted by Gasteiger charge is -2.19. The highest BCUT2D eigenvalue weighted by atomic mass is 79.9. The lowest BCUT2D eigenvalue weighted by Crippen LogP contribution is -2.32. The van der Waals surface area contributed by atoms with Gasteiger partial charge in [0.25, 0.3) is 0 Å². The summed E-state index contributed by atoms with van der Waals surface area (Å²) in [5.74, 6) is 0.420. The van der Waals surface area contributed by atoms with Crippen molar-refractivity contribution in [1.29, 1.82) is 0 Å². The summed E-state index contributed by atoms with van der Waals surface area (Å²) in [6.45, 7) is 4.22. The van der Waals surface area contributed by atoms with Crippen LogP contribution < -0.4 is 4.90 Å². The minimum atomic E-state index is -0.482. The normalized spacial score (nSPS) is 10.1. The van der Waals surface area contributed by atoms with E-state index in [0.717, 1.165) is 5.56 Å². The number of ether oxygens (including phenoxy) is 1. The molecule has 20 heavy (non-hydrogen) atoms. The lowest BCUT2D eigenvalue weighted by atomic mass is 10.2. The molecule has 104 valence electrons. The van der Waals surface area contributed by atoms with Crippen LogP contribution in [-0.4, -0.2) is 12.6 Å². The molecule has 1 aromatic carbocycles. The Hall–Kier alpha value is -2.01. The lowest BCUT2D eigenvalue weighted by molar-refractivity contribution is 0.146. The molecule has 0 aliphatic carbocycles. The van der Waals surface area contributed by atoms with Crippen molar-refractivity contribution in [2.24, 2.45) is 0 Å².